The molecule has 0 amide bonds. The molecule has 0 saturated heterocycles. The highest BCUT2D eigenvalue weighted by molar-refractivity contribution is 7.07. The van der Waals surface area contributed by atoms with Gasteiger partial charge in [0, 0.05) is 0 Å². The summed E-state index contributed by atoms with van der Waals surface area (Å²) < 4.78 is 1.27. The Labute approximate surface area is 89.7 Å². The maximum Gasteiger partial charge on any atom is 0.310 e. The molecule has 0 aliphatic rings. The Morgan fingerprint density at radius 2 is 1.87 bits per heavy atom. The smallest absolute Gasteiger partial charge is 0.310 e. The molecule has 15 heavy (non-hydrogen) atoms. The lowest BCUT2D eigenvalue weighted by atomic mass is 10.2. The summed E-state index contributed by atoms with van der Waals surface area (Å²) in [6.45, 7) is 0.314. The Morgan fingerprint density at radius 1 is 1.20 bits per heavy atom. The van der Waals surface area contributed by atoms with Crippen LogP contribution >= 0.6 is 11.3 Å². The first-order valence-corrected chi connectivity index (χ1v) is 5.20. The minimum Gasteiger partial charge on any atom is -0.508 e. The van der Waals surface area contributed by atoms with Crippen molar-refractivity contribution in [1.82, 2.24) is 4.57 Å². The van der Waals surface area contributed by atoms with Crippen molar-refractivity contribution in [2.24, 2.45) is 0 Å². The Kier molecular flexibility index (Phi) is 2.47. The molecule has 4 nitrogen and oxygen atoms in total. The van der Waals surface area contributed by atoms with E-state index in [0.29, 0.717) is 6.54 Å². The van der Waals surface area contributed by atoms with Gasteiger partial charge in [0.1, 0.15) is 5.75 Å². The van der Waals surface area contributed by atoms with Gasteiger partial charge in [-0.15, -0.1) is 0 Å². The number of benzene rings is 1. The molecule has 0 aliphatic heterocycles. The Morgan fingerprint density at radius 3 is 2.40 bits per heavy atom. The Balaban J connectivity index is 2.29. The molecule has 2 N–H and O–H groups in total. The third-order valence-corrected chi connectivity index (χ3v) is 2.79. The zero-order valence-electron chi connectivity index (χ0n) is 7.75. The molecule has 1 aromatic carbocycles. The molecule has 0 bridgehead atoms. The quantitative estimate of drug-likeness (QED) is 0.808. The molecule has 0 fully saturated rings. The van der Waals surface area contributed by atoms with Gasteiger partial charge in [0.15, 0.2) is 0 Å². The van der Waals surface area contributed by atoms with E-state index in [-0.39, 0.29) is 16.5 Å². The van der Waals surface area contributed by atoms with Gasteiger partial charge in [-0.1, -0.05) is 23.5 Å². The molecule has 0 aliphatic carbocycles. The van der Waals surface area contributed by atoms with Crippen molar-refractivity contribution in [3.8, 4) is 11.6 Å². The lowest BCUT2D eigenvalue weighted by Crippen LogP contribution is -2.13. The molecule has 0 unspecified atom stereocenters. The highest BCUT2D eigenvalue weighted by Gasteiger charge is 2.05. The molecule has 78 valence electrons. The molecule has 0 spiro atoms. The van der Waals surface area contributed by atoms with Gasteiger partial charge in [0.25, 0.3) is 0 Å². The second-order valence-electron chi connectivity index (χ2n) is 3.11. The van der Waals surface area contributed by atoms with Crippen molar-refractivity contribution in [3.05, 3.63) is 44.9 Å². The molecule has 2 aromatic rings. The predicted octanol–water partition coefficient (Wildman–Crippen LogP) is 1.37. The summed E-state index contributed by atoms with van der Waals surface area (Å²) in [5.74, 6) is 0.152. The van der Waals surface area contributed by atoms with Crippen molar-refractivity contribution in [3.63, 3.8) is 0 Å². The van der Waals surface area contributed by atoms with E-state index in [0.717, 1.165) is 16.9 Å². The zero-order chi connectivity index (χ0) is 10.8. The van der Waals surface area contributed by atoms with E-state index in [2.05, 4.69) is 0 Å². The van der Waals surface area contributed by atoms with Gasteiger partial charge in [-0.2, -0.15) is 0 Å². The summed E-state index contributed by atoms with van der Waals surface area (Å²) in [5.41, 5.74) is 0.851. The van der Waals surface area contributed by atoms with Crippen LogP contribution in [0.5, 0.6) is 11.6 Å². The number of rotatable bonds is 2. The van der Waals surface area contributed by atoms with Crippen LogP contribution in [0.1, 0.15) is 5.56 Å². The summed E-state index contributed by atoms with van der Waals surface area (Å²) in [7, 11) is 0. The number of thiazole rings is 1. The second-order valence-corrected chi connectivity index (χ2v) is 3.93. The average Bonchev–Trinajstić information content (AvgIpc) is 2.53. The minimum atomic E-state index is -0.194. The third-order valence-electron chi connectivity index (χ3n) is 2.04. The van der Waals surface area contributed by atoms with Crippen molar-refractivity contribution < 1.29 is 10.2 Å². The van der Waals surface area contributed by atoms with E-state index >= 15 is 0 Å². The van der Waals surface area contributed by atoms with Crippen LogP contribution in [0, 0.1) is 0 Å². The average molecular weight is 223 g/mol. The molecule has 0 atom stereocenters. The molecule has 1 heterocycles. The van der Waals surface area contributed by atoms with E-state index in [9.17, 15) is 9.90 Å². The second kappa shape index (κ2) is 3.78. The molecule has 0 radical (unpaired) electrons. The van der Waals surface area contributed by atoms with E-state index in [1.54, 1.807) is 24.3 Å². The predicted molar refractivity (Wildman–Crippen MR) is 57.5 cm³/mol. The highest BCUT2D eigenvalue weighted by atomic mass is 32.1. The number of nitrogens with zero attached hydrogens (tertiary/aromatic N) is 1. The van der Waals surface area contributed by atoms with Gasteiger partial charge in [-0.3, -0.25) is 9.36 Å². The highest BCUT2D eigenvalue weighted by Crippen LogP contribution is 2.14. The summed E-state index contributed by atoms with van der Waals surface area (Å²) in [4.78, 5) is 11.1. The monoisotopic (exact) mass is 223 g/mol. The zero-order valence-corrected chi connectivity index (χ0v) is 8.57. The van der Waals surface area contributed by atoms with Gasteiger partial charge in [0.2, 0.25) is 5.88 Å². The Bertz CT molecular complexity index is 512. The maximum atomic E-state index is 11.3. The van der Waals surface area contributed by atoms with Gasteiger partial charge < -0.3 is 10.2 Å². The van der Waals surface area contributed by atoms with Crippen molar-refractivity contribution in [2.75, 3.05) is 0 Å². The minimum absolute atomic E-state index is 0.0296. The van der Waals surface area contributed by atoms with E-state index in [4.69, 9.17) is 5.11 Å². The van der Waals surface area contributed by atoms with E-state index < -0.39 is 0 Å². The lowest BCUT2D eigenvalue weighted by Gasteiger charge is -2.03. The fraction of sp³-hybridized carbons (Fsp3) is 0.100. The number of hydrogen-bond acceptors (Lipinski definition) is 4. The molecular formula is C10H9NO3S. The largest absolute Gasteiger partial charge is 0.508 e. The summed E-state index contributed by atoms with van der Waals surface area (Å²) >= 11 is 0.961. The van der Waals surface area contributed by atoms with E-state index in [1.807, 2.05) is 0 Å². The summed E-state index contributed by atoms with van der Waals surface area (Å²) in [5, 5.41) is 19.9. The standard InChI is InChI=1S/C10H9NO3S/c12-8-3-1-7(2-4-8)5-11-9(13)6-15-10(11)14/h1-4,6,12-13H,5H2. The molecule has 2 rings (SSSR count). The number of phenolic OH excluding ortho intramolecular Hbond substituents is 1. The topological polar surface area (TPSA) is 62.5 Å². The molecule has 5 heteroatoms. The van der Waals surface area contributed by atoms with Crippen LogP contribution in [-0.4, -0.2) is 14.8 Å². The first-order valence-electron chi connectivity index (χ1n) is 4.32. The van der Waals surface area contributed by atoms with Crippen LogP contribution in [0.3, 0.4) is 0 Å². The van der Waals surface area contributed by atoms with Crippen LogP contribution in [0.2, 0.25) is 0 Å². The van der Waals surface area contributed by atoms with Crippen LogP contribution in [0.25, 0.3) is 0 Å². The van der Waals surface area contributed by atoms with Gasteiger partial charge in [-0.25, -0.2) is 0 Å². The van der Waals surface area contributed by atoms with Crippen molar-refractivity contribution >= 4 is 11.3 Å². The van der Waals surface area contributed by atoms with Crippen LogP contribution < -0.4 is 4.87 Å². The van der Waals surface area contributed by atoms with Crippen LogP contribution in [0.4, 0.5) is 0 Å². The SMILES string of the molecule is O=c1scc(O)n1Cc1ccc(O)cc1. The first kappa shape index (κ1) is 9.79. The maximum absolute atomic E-state index is 11.3. The molecule has 1 aromatic heterocycles. The fourth-order valence-corrected chi connectivity index (χ4v) is 1.87. The van der Waals surface area contributed by atoms with Gasteiger partial charge >= 0.3 is 4.87 Å². The van der Waals surface area contributed by atoms with Crippen LogP contribution in [0.15, 0.2) is 34.4 Å². The summed E-state index contributed by atoms with van der Waals surface area (Å²) in [6, 6.07) is 6.51. The van der Waals surface area contributed by atoms with Gasteiger partial charge in [-0.05, 0) is 17.7 Å². The van der Waals surface area contributed by atoms with Gasteiger partial charge in [0.05, 0.1) is 11.9 Å². The van der Waals surface area contributed by atoms with Crippen molar-refractivity contribution in [2.45, 2.75) is 6.54 Å². The normalized spacial score (nSPS) is 10.4. The number of hydrogen-bond donors (Lipinski definition) is 2. The lowest BCUT2D eigenvalue weighted by molar-refractivity contribution is 0.421. The number of aromatic hydroxyl groups is 2. The van der Waals surface area contributed by atoms with E-state index in [1.165, 1.54) is 9.95 Å². The Hall–Kier alpha value is -1.75. The molecular weight excluding hydrogens is 214 g/mol. The first-order chi connectivity index (χ1) is 7.16. The van der Waals surface area contributed by atoms with Crippen molar-refractivity contribution in [1.29, 1.82) is 0 Å². The third kappa shape index (κ3) is 2.02. The number of aromatic nitrogens is 1. The fourth-order valence-electron chi connectivity index (χ4n) is 1.25. The van der Waals surface area contributed by atoms with Crippen LogP contribution in [-0.2, 0) is 6.54 Å². The summed E-state index contributed by atoms with van der Waals surface area (Å²) in [6.07, 6.45) is 0. The number of phenols is 1. The molecule has 0 saturated carbocycles.